The second-order valence-corrected chi connectivity index (χ2v) is 12.7. The minimum atomic E-state index is -4.51. The topological polar surface area (TPSA) is 101 Å². The fourth-order valence-corrected chi connectivity index (χ4v) is 7.27. The van der Waals surface area contributed by atoms with Crippen molar-refractivity contribution in [2.24, 2.45) is 0 Å². The molecule has 1 fully saturated rings. The van der Waals surface area contributed by atoms with E-state index in [9.17, 15) is 34.8 Å². The predicted octanol–water partition coefficient (Wildman–Crippen LogP) is 4.77. The number of nitrogens with one attached hydrogen (secondary N) is 1. The molecule has 3 aromatic rings. The van der Waals surface area contributed by atoms with Gasteiger partial charge in [-0.2, -0.15) is 13.2 Å². The molecular formula is C25H22ClF3N2O5S2. The van der Waals surface area contributed by atoms with Gasteiger partial charge in [-0.25, -0.2) is 21.6 Å². The SMILES string of the molecule is O=C(c1ccc(C(F)(F)F)cc1)N1CCC(NS(=O)(=O)c2cc(S(=O)(=O)c3ccccc3)ccc2Cl)CC1. The maximum atomic E-state index is 13.1. The Labute approximate surface area is 223 Å². The second kappa shape index (κ2) is 10.7. The Hall–Kier alpha value is -2.93. The molecule has 1 amide bonds. The molecule has 1 aliphatic rings. The summed E-state index contributed by atoms with van der Waals surface area (Å²) in [6, 6.07) is 14.3. The van der Waals surface area contributed by atoms with Gasteiger partial charge in [0, 0.05) is 24.7 Å². The van der Waals surface area contributed by atoms with Crippen molar-refractivity contribution >= 4 is 37.4 Å². The van der Waals surface area contributed by atoms with Gasteiger partial charge < -0.3 is 4.90 Å². The van der Waals surface area contributed by atoms with Crippen molar-refractivity contribution in [1.82, 2.24) is 9.62 Å². The summed E-state index contributed by atoms with van der Waals surface area (Å²) in [5.74, 6) is -0.457. The van der Waals surface area contributed by atoms with E-state index in [1.807, 2.05) is 0 Å². The molecule has 4 rings (SSSR count). The summed E-state index contributed by atoms with van der Waals surface area (Å²) in [6.45, 7) is 0.340. The Kier molecular flexibility index (Phi) is 7.89. The normalized spacial score (nSPS) is 15.4. The molecule has 3 aromatic carbocycles. The molecule has 0 aliphatic carbocycles. The zero-order chi connectivity index (χ0) is 27.7. The molecule has 0 radical (unpaired) electrons. The molecule has 1 N–H and O–H groups in total. The summed E-state index contributed by atoms with van der Waals surface area (Å²) in [5.41, 5.74) is -0.762. The van der Waals surface area contributed by atoms with Crippen LogP contribution in [0, 0.1) is 0 Å². The summed E-state index contributed by atoms with van der Waals surface area (Å²) in [6.07, 6.45) is -4.03. The number of hydrogen-bond acceptors (Lipinski definition) is 5. The number of rotatable bonds is 6. The molecule has 0 spiro atoms. The van der Waals surface area contributed by atoms with E-state index >= 15 is 0 Å². The molecule has 1 aliphatic heterocycles. The van der Waals surface area contributed by atoms with Gasteiger partial charge in [0.25, 0.3) is 5.91 Å². The average molecular weight is 587 g/mol. The van der Waals surface area contributed by atoms with Crippen LogP contribution in [0.5, 0.6) is 0 Å². The number of piperidine rings is 1. The van der Waals surface area contributed by atoms with Gasteiger partial charge in [-0.05, 0) is 67.4 Å². The Morgan fingerprint density at radius 3 is 2.05 bits per heavy atom. The van der Waals surface area contributed by atoms with Crippen LogP contribution in [0.1, 0.15) is 28.8 Å². The summed E-state index contributed by atoms with van der Waals surface area (Å²) >= 11 is 6.13. The van der Waals surface area contributed by atoms with E-state index in [-0.39, 0.29) is 51.2 Å². The first-order valence-corrected chi connectivity index (χ1v) is 14.7. The fraction of sp³-hybridized carbons (Fsp3) is 0.240. The van der Waals surface area contributed by atoms with Gasteiger partial charge in [-0.15, -0.1) is 0 Å². The van der Waals surface area contributed by atoms with Crippen molar-refractivity contribution in [1.29, 1.82) is 0 Å². The van der Waals surface area contributed by atoms with Crippen molar-refractivity contribution in [2.75, 3.05) is 13.1 Å². The van der Waals surface area contributed by atoms with Crippen molar-refractivity contribution < 1.29 is 34.8 Å². The Bertz CT molecular complexity index is 1540. The maximum absolute atomic E-state index is 13.1. The van der Waals surface area contributed by atoms with Gasteiger partial charge in [0.1, 0.15) is 4.90 Å². The monoisotopic (exact) mass is 586 g/mol. The molecule has 13 heteroatoms. The molecule has 1 saturated heterocycles. The van der Waals surface area contributed by atoms with E-state index in [0.717, 1.165) is 30.3 Å². The highest BCUT2D eigenvalue weighted by molar-refractivity contribution is 7.91. The Morgan fingerprint density at radius 2 is 1.47 bits per heavy atom. The molecule has 0 aromatic heterocycles. The van der Waals surface area contributed by atoms with Crippen LogP contribution in [0.25, 0.3) is 0 Å². The van der Waals surface area contributed by atoms with Crippen LogP contribution in [-0.2, 0) is 26.0 Å². The van der Waals surface area contributed by atoms with Gasteiger partial charge in [-0.3, -0.25) is 4.79 Å². The standard InChI is InChI=1S/C25H22ClF3N2O5S2/c26-22-11-10-21(37(33,34)20-4-2-1-3-5-20)16-23(22)38(35,36)30-19-12-14-31(15-13-19)24(32)17-6-8-18(9-7-17)25(27,28)29/h1-11,16,19,30H,12-15H2. The molecule has 7 nitrogen and oxygen atoms in total. The molecule has 0 unspecified atom stereocenters. The van der Waals surface area contributed by atoms with Crippen LogP contribution in [-0.4, -0.2) is 46.8 Å². The van der Waals surface area contributed by atoms with Crippen molar-refractivity contribution in [3.8, 4) is 0 Å². The third kappa shape index (κ3) is 6.04. The van der Waals surface area contributed by atoms with Crippen LogP contribution < -0.4 is 4.72 Å². The molecule has 0 saturated carbocycles. The van der Waals surface area contributed by atoms with E-state index in [1.54, 1.807) is 18.2 Å². The van der Waals surface area contributed by atoms with Gasteiger partial charge in [0.05, 0.1) is 20.4 Å². The molecule has 0 bridgehead atoms. The van der Waals surface area contributed by atoms with Crippen LogP contribution in [0.15, 0.2) is 87.5 Å². The number of alkyl halides is 3. The van der Waals surface area contributed by atoms with Gasteiger partial charge >= 0.3 is 6.18 Å². The Morgan fingerprint density at radius 1 is 0.868 bits per heavy atom. The lowest BCUT2D eigenvalue weighted by Crippen LogP contribution is -2.46. The number of hydrogen-bond donors (Lipinski definition) is 1. The number of likely N-dealkylation sites (tertiary alicyclic amines) is 1. The first kappa shape index (κ1) is 28.1. The number of sulfone groups is 1. The molecular weight excluding hydrogens is 565 g/mol. The van der Waals surface area contributed by atoms with Crippen molar-refractivity contribution in [3.05, 3.63) is 88.9 Å². The minimum absolute atomic E-state index is 0.00344. The van der Waals surface area contributed by atoms with Crippen LogP contribution in [0.4, 0.5) is 13.2 Å². The summed E-state index contributed by atoms with van der Waals surface area (Å²) in [4.78, 5) is 13.5. The summed E-state index contributed by atoms with van der Waals surface area (Å²) in [7, 11) is -8.20. The van der Waals surface area contributed by atoms with Gasteiger partial charge in [0.15, 0.2) is 0 Å². The highest BCUT2D eigenvalue weighted by Crippen LogP contribution is 2.30. The number of amides is 1. The quantitative estimate of drug-likeness (QED) is 0.448. The first-order valence-electron chi connectivity index (χ1n) is 11.4. The number of nitrogens with zero attached hydrogens (tertiary/aromatic N) is 1. The Balaban J connectivity index is 1.44. The number of benzene rings is 3. The van der Waals surface area contributed by atoms with E-state index < -0.39 is 43.5 Å². The van der Waals surface area contributed by atoms with E-state index in [2.05, 4.69) is 4.72 Å². The third-order valence-corrected chi connectivity index (χ3v) is 9.89. The van der Waals surface area contributed by atoms with E-state index in [0.29, 0.717) is 0 Å². The summed E-state index contributed by atoms with van der Waals surface area (Å²) in [5, 5.41) is -0.153. The smallest absolute Gasteiger partial charge is 0.339 e. The summed E-state index contributed by atoms with van der Waals surface area (Å²) < 4.78 is 93.0. The van der Waals surface area contributed by atoms with E-state index in [1.165, 1.54) is 29.2 Å². The lowest BCUT2D eigenvalue weighted by molar-refractivity contribution is -0.137. The average Bonchev–Trinajstić information content (AvgIpc) is 2.88. The third-order valence-electron chi connectivity index (χ3n) is 6.12. The van der Waals surface area contributed by atoms with Crippen molar-refractivity contribution in [2.45, 2.75) is 39.7 Å². The highest BCUT2D eigenvalue weighted by Gasteiger charge is 2.32. The lowest BCUT2D eigenvalue weighted by atomic mass is 10.0. The zero-order valence-electron chi connectivity index (χ0n) is 19.7. The minimum Gasteiger partial charge on any atom is -0.339 e. The molecule has 0 atom stereocenters. The highest BCUT2D eigenvalue weighted by atomic mass is 35.5. The number of carbonyl (C=O) groups excluding carboxylic acids is 1. The predicted molar refractivity (Wildman–Crippen MR) is 134 cm³/mol. The van der Waals surface area contributed by atoms with Crippen LogP contribution in [0.2, 0.25) is 5.02 Å². The fourth-order valence-electron chi connectivity index (χ4n) is 4.06. The number of sulfonamides is 1. The van der Waals surface area contributed by atoms with Crippen LogP contribution >= 0.6 is 11.6 Å². The van der Waals surface area contributed by atoms with E-state index in [4.69, 9.17) is 11.6 Å². The largest absolute Gasteiger partial charge is 0.416 e. The molecule has 1 heterocycles. The van der Waals surface area contributed by atoms with Gasteiger partial charge in [-0.1, -0.05) is 29.8 Å². The van der Waals surface area contributed by atoms with Gasteiger partial charge in [0.2, 0.25) is 19.9 Å². The molecule has 202 valence electrons. The van der Waals surface area contributed by atoms with Crippen molar-refractivity contribution in [3.63, 3.8) is 0 Å². The maximum Gasteiger partial charge on any atom is 0.416 e. The second-order valence-electron chi connectivity index (χ2n) is 8.67. The number of carbonyl (C=O) groups is 1. The zero-order valence-corrected chi connectivity index (χ0v) is 22.0. The lowest BCUT2D eigenvalue weighted by Gasteiger charge is -2.32. The molecule has 38 heavy (non-hydrogen) atoms. The van der Waals surface area contributed by atoms with Crippen LogP contribution in [0.3, 0.4) is 0 Å². The first-order chi connectivity index (χ1) is 17.8. The number of halogens is 4.